The molecule has 4 aliphatic rings. The topological polar surface area (TPSA) is 0 Å². The summed E-state index contributed by atoms with van der Waals surface area (Å²) in [6.45, 7) is 5.53. The van der Waals surface area contributed by atoms with Gasteiger partial charge in [-0.05, 0) is 91.7 Å². The van der Waals surface area contributed by atoms with Gasteiger partial charge in [0.05, 0.1) is 0 Å². The summed E-state index contributed by atoms with van der Waals surface area (Å²) in [5.74, 6) is 0. The molecule has 0 heterocycles. The molecule has 0 N–H and O–H groups in total. The van der Waals surface area contributed by atoms with Crippen molar-refractivity contribution in [1.82, 2.24) is 0 Å². The van der Waals surface area contributed by atoms with E-state index in [2.05, 4.69) is 13.8 Å². The van der Waals surface area contributed by atoms with Crippen LogP contribution in [-0.2, 0) is 0 Å². The third-order valence-electron chi connectivity index (χ3n) is 9.69. The zero-order chi connectivity index (χ0) is 21.5. The maximum atomic E-state index is 2.76. The van der Waals surface area contributed by atoms with Gasteiger partial charge in [0, 0.05) is 0 Å². The van der Waals surface area contributed by atoms with Crippen LogP contribution in [0.15, 0.2) is 0 Å². The van der Waals surface area contributed by atoms with Gasteiger partial charge < -0.3 is 0 Å². The van der Waals surface area contributed by atoms with Crippen LogP contribution in [0, 0.1) is 0 Å². The molecule has 0 aliphatic heterocycles. The standard InChI is InChI=1S/C29H54P2/c1-24(30(26-15-7-3-8-16-26)27-17-9-4-10-18-27)23-25(2)31(28-19-11-5-12-20-28)29-21-13-6-14-22-29/h24-29H,3-23H2,1-2H3/t24-,25-/m1/s1. The van der Waals surface area contributed by atoms with Crippen molar-refractivity contribution in [1.29, 1.82) is 0 Å². The Balaban J connectivity index is 1.45. The van der Waals surface area contributed by atoms with Crippen molar-refractivity contribution < 1.29 is 0 Å². The molecule has 0 unspecified atom stereocenters. The molecule has 0 radical (unpaired) electrons. The fourth-order valence-electron chi connectivity index (χ4n) is 8.29. The van der Waals surface area contributed by atoms with E-state index in [1.165, 1.54) is 25.7 Å². The van der Waals surface area contributed by atoms with Crippen molar-refractivity contribution in [2.75, 3.05) is 0 Å². The van der Waals surface area contributed by atoms with E-state index in [1.807, 2.05) is 0 Å². The molecule has 2 atom stereocenters. The third kappa shape index (κ3) is 6.94. The van der Waals surface area contributed by atoms with Crippen LogP contribution in [0.4, 0.5) is 0 Å². The largest absolute Gasteiger partial charge is 0.0974 e. The predicted molar refractivity (Wildman–Crippen MR) is 145 cm³/mol. The Kier molecular flexibility index (Phi) is 10.5. The van der Waals surface area contributed by atoms with Gasteiger partial charge in [-0.3, -0.25) is 0 Å². The van der Waals surface area contributed by atoms with Crippen LogP contribution >= 0.6 is 15.8 Å². The van der Waals surface area contributed by atoms with Crippen LogP contribution in [0.2, 0.25) is 0 Å². The summed E-state index contributed by atoms with van der Waals surface area (Å²) in [6.07, 6.45) is 32.9. The Labute approximate surface area is 198 Å². The van der Waals surface area contributed by atoms with Gasteiger partial charge in [-0.25, -0.2) is 0 Å². The maximum absolute atomic E-state index is 2.76. The van der Waals surface area contributed by atoms with Crippen LogP contribution < -0.4 is 0 Å². The second-order valence-electron chi connectivity index (χ2n) is 12.0. The van der Waals surface area contributed by atoms with Gasteiger partial charge in [0.25, 0.3) is 0 Å². The Bertz CT molecular complexity index is 401. The molecule has 31 heavy (non-hydrogen) atoms. The average molecular weight is 465 g/mol. The summed E-state index contributed by atoms with van der Waals surface area (Å²) in [4.78, 5) is 0. The van der Waals surface area contributed by atoms with E-state index >= 15 is 0 Å². The lowest BCUT2D eigenvalue weighted by Gasteiger charge is -2.46. The average Bonchev–Trinajstić information content (AvgIpc) is 2.82. The Morgan fingerprint density at radius 3 is 0.871 bits per heavy atom. The zero-order valence-corrected chi connectivity index (χ0v) is 23.0. The summed E-state index contributed by atoms with van der Waals surface area (Å²) < 4.78 is 0. The summed E-state index contributed by atoms with van der Waals surface area (Å²) in [7, 11) is 0.520. The molecule has 0 aromatic carbocycles. The van der Waals surface area contributed by atoms with E-state index in [9.17, 15) is 0 Å². The normalized spacial score (nSPS) is 28.3. The van der Waals surface area contributed by atoms with E-state index in [0.29, 0.717) is 0 Å². The zero-order valence-electron chi connectivity index (χ0n) is 21.2. The Morgan fingerprint density at radius 1 is 0.419 bits per heavy atom. The van der Waals surface area contributed by atoms with Crippen LogP contribution in [-0.4, -0.2) is 34.0 Å². The van der Waals surface area contributed by atoms with Gasteiger partial charge in [0.2, 0.25) is 0 Å². The first-order valence-electron chi connectivity index (χ1n) is 14.8. The summed E-state index contributed by atoms with van der Waals surface area (Å²) >= 11 is 0. The fraction of sp³-hybridized carbons (Fsp3) is 1.00. The van der Waals surface area contributed by atoms with Gasteiger partial charge in [0.1, 0.15) is 0 Å². The lowest BCUT2D eigenvalue weighted by atomic mass is 9.99. The van der Waals surface area contributed by atoms with E-state index in [4.69, 9.17) is 0 Å². The van der Waals surface area contributed by atoms with Crippen molar-refractivity contribution in [2.24, 2.45) is 0 Å². The van der Waals surface area contributed by atoms with E-state index in [-0.39, 0.29) is 15.8 Å². The molecule has 0 aromatic heterocycles. The highest BCUT2D eigenvalue weighted by atomic mass is 31.1. The minimum absolute atomic E-state index is 0.260. The molecule has 0 saturated heterocycles. The summed E-state index contributed by atoms with van der Waals surface area (Å²) in [5.41, 5.74) is 6.67. The molecule has 4 rings (SSSR count). The van der Waals surface area contributed by atoms with Crippen molar-refractivity contribution in [2.45, 2.75) is 183 Å². The highest BCUT2D eigenvalue weighted by molar-refractivity contribution is 7.61. The lowest BCUT2D eigenvalue weighted by molar-refractivity contribution is 0.475. The first kappa shape index (κ1) is 25.0. The molecule has 0 amide bonds. The van der Waals surface area contributed by atoms with Crippen LogP contribution in [0.1, 0.15) is 149 Å². The molecule has 4 saturated carbocycles. The van der Waals surface area contributed by atoms with Crippen molar-refractivity contribution in [3.63, 3.8) is 0 Å². The first-order chi connectivity index (χ1) is 15.2. The summed E-state index contributed by atoms with van der Waals surface area (Å²) in [5, 5.41) is 0. The molecular formula is C29H54P2. The van der Waals surface area contributed by atoms with E-state index in [0.717, 1.165) is 34.0 Å². The molecule has 0 aromatic rings. The molecule has 4 aliphatic carbocycles. The van der Waals surface area contributed by atoms with Gasteiger partial charge in [-0.1, -0.05) is 107 Å². The molecule has 0 bridgehead atoms. The fourth-order valence-corrected chi connectivity index (χ4v) is 17.5. The Morgan fingerprint density at radius 2 is 0.645 bits per heavy atom. The molecule has 180 valence electrons. The predicted octanol–water partition coefficient (Wildman–Crippen LogP) is 10.4. The quantitative estimate of drug-likeness (QED) is 0.313. The Hall–Kier alpha value is 0.860. The lowest BCUT2D eigenvalue weighted by Crippen LogP contribution is -2.30. The smallest absolute Gasteiger partial charge is 0.0204 e. The molecular weight excluding hydrogens is 410 g/mol. The van der Waals surface area contributed by atoms with E-state index in [1.54, 1.807) is 109 Å². The van der Waals surface area contributed by atoms with Gasteiger partial charge in [0.15, 0.2) is 0 Å². The number of rotatable bonds is 8. The molecule has 2 heteroatoms. The van der Waals surface area contributed by atoms with Crippen molar-refractivity contribution >= 4 is 15.8 Å². The van der Waals surface area contributed by atoms with Gasteiger partial charge in [-0.2, -0.15) is 0 Å². The third-order valence-corrected chi connectivity index (χ3v) is 17.6. The van der Waals surface area contributed by atoms with Crippen LogP contribution in [0.5, 0.6) is 0 Å². The van der Waals surface area contributed by atoms with Crippen LogP contribution in [0.3, 0.4) is 0 Å². The number of hydrogen-bond donors (Lipinski definition) is 0. The monoisotopic (exact) mass is 464 g/mol. The molecule has 4 fully saturated rings. The highest BCUT2D eigenvalue weighted by Gasteiger charge is 2.39. The van der Waals surface area contributed by atoms with Crippen molar-refractivity contribution in [3.8, 4) is 0 Å². The minimum atomic E-state index is 0.260. The van der Waals surface area contributed by atoms with Gasteiger partial charge >= 0.3 is 0 Å². The molecule has 0 spiro atoms. The SMILES string of the molecule is C[C@H](C[C@@H](C)P(C1CCCCC1)C1CCCCC1)P(C1CCCCC1)C1CCCCC1. The second kappa shape index (κ2) is 13.1. The maximum Gasteiger partial charge on any atom is -0.0204 e. The van der Waals surface area contributed by atoms with Crippen LogP contribution in [0.25, 0.3) is 0 Å². The number of hydrogen-bond acceptors (Lipinski definition) is 0. The summed E-state index contributed by atoms with van der Waals surface area (Å²) in [6, 6.07) is 0. The second-order valence-corrected chi connectivity index (χ2v) is 18.5. The van der Waals surface area contributed by atoms with Gasteiger partial charge in [-0.15, -0.1) is 0 Å². The highest BCUT2D eigenvalue weighted by Crippen LogP contribution is 2.64. The van der Waals surface area contributed by atoms with Crippen molar-refractivity contribution in [3.05, 3.63) is 0 Å². The molecule has 0 nitrogen and oxygen atoms in total. The first-order valence-corrected chi connectivity index (χ1v) is 17.9. The minimum Gasteiger partial charge on any atom is -0.0974 e. The van der Waals surface area contributed by atoms with E-state index < -0.39 is 0 Å².